The maximum atomic E-state index is 12.1. The second-order valence-corrected chi connectivity index (χ2v) is 5.79. The summed E-state index contributed by atoms with van der Waals surface area (Å²) < 4.78 is 20.4. The molecule has 2 rings (SSSR count). The van der Waals surface area contributed by atoms with Gasteiger partial charge in [0.2, 0.25) is 0 Å². The normalized spacial score (nSPS) is 10.1. The topological polar surface area (TPSA) is 88.1 Å². The second-order valence-electron chi connectivity index (χ2n) is 5.38. The maximum absolute atomic E-state index is 12.1. The molecule has 0 saturated carbocycles. The van der Waals surface area contributed by atoms with E-state index in [1.165, 1.54) is 18.2 Å². The number of para-hydroxylation sites is 1. The van der Waals surface area contributed by atoms with Crippen molar-refractivity contribution in [1.82, 2.24) is 0 Å². The largest absolute Gasteiger partial charge is 0.480 e. The number of ether oxygens (including phenoxy) is 4. The molecule has 0 N–H and O–H groups in total. The van der Waals surface area contributed by atoms with Gasteiger partial charge in [-0.25, -0.2) is 14.4 Å². The Labute approximate surface area is 167 Å². The van der Waals surface area contributed by atoms with Crippen LogP contribution in [0, 0.1) is 0 Å². The van der Waals surface area contributed by atoms with Gasteiger partial charge >= 0.3 is 17.9 Å². The number of carbonyl (C=O) groups excluding carboxylic acids is 3. The zero-order valence-electron chi connectivity index (χ0n) is 15.4. The molecule has 7 nitrogen and oxygen atoms in total. The number of benzene rings is 2. The van der Waals surface area contributed by atoms with Crippen molar-refractivity contribution in [3.63, 3.8) is 0 Å². The Hall–Kier alpha value is -3.06. The summed E-state index contributed by atoms with van der Waals surface area (Å²) in [6, 6.07) is 10.6. The Balaban J connectivity index is 2.15. The van der Waals surface area contributed by atoms with E-state index in [2.05, 4.69) is 0 Å². The predicted molar refractivity (Wildman–Crippen MR) is 101 cm³/mol. The van der Waals surface area contributed by atoms with Crippen LogP contribution in [0.5, 0.6) is 11.5 Å². The van der Waals surface area contributed by atoms with Gasteiger partial charge in [0.15, 0.2) is 6.61 Å². The number of carbonyl (C=O) groups is 3. The lowest BCUT2D eigenvalue weighted by Crippen LogP contribution is -2.18. The van der Waals surface area contributed by atoms with E-state index in [1.54, 1.807) is 38.1 Å². The maximum Gasteiger partial charge on any atom is 0.349 e. The van der Waals surface area contributed by atoms with Gasteiger partial charge in [0.25, 0.3) is 0 Å². The molecule has 28 heavy (non-hydrogen) atoms. The van der Waals surface area contributed by atoms with Crippen LogP contribution in [0.1, 0.15) is 34.6 Å². The molecule has 0 unspecified atom stereocenters. The fraction of sp³-hybridized carbons (Fsp3) is 0.250. The fourth-order valence-corrected chi connectivity index (χ4v) is 2.37. The monoisotopic (exact) mass is 406 g/mol. The third-order valence-corrected chi connectivity index (χ3v) is 3.65. The lowest BCUT2D eigenvalue weighted by atomic mass is 10.1. The van der Waals surface area contributed by atoms with Gasteiger partial charge in [0.05, 0.1) is 29.4 Å². The Morgan fingerprint density at radius 2 is 1.46 bits per heavy atom. The summed E-state index contributed by atoms with van der Waals surface area (Å²) in [5.41, 5.74) is 0.115. The van der Waals surface area contributed by atoms with Gasteiger partial charge in [-0.2, -0.15) is 0 Å². The van der Waals surface area contributed by atoms with E-state index in [4.69, 9.17) is 30.5 Å². The highest BCUT2D eigenvalue weighted by Gasteiger charge is 2.17. The number of rotatable bonds is 8. The average Bonchev–Trinajstić information content (AvgIpc) is 2.67. The summed E-state index contributed by atoms with van der Waals surface area (Å²) in [4.78, 5) is 36.1. The minimum Gasteiger partial charge on any atom is -0.480 e. The van der Waals surface area contributed by atoms with Crippen molar-refractivity contribution >= 4 is 29.5 Å². The lowest BCUT2D eigenvalue weighted by molar-refractivity contribution is -0.136. The van der Waals surface area contributed by atoms with E-state index in [1.807, 2.05) is 0 Å². The molecule has 0 fully saturated rings. The Morgan fingerprint density at radius 1 is 0.893 bits per heavy atom. The molecular weight excluding hydrogens is 388 g/mol. The van der Waals surface area contributed by atoms with Crippen LogP contribution < -0.4 is 9.47 Å². The minimum absolute atomic E-state index is 0.0126. The summed E-state index contributed by atoms with van der Waals surface area (Å²) in [5, 5.41) is 0.351. The van der Waals surface area contributed by atoms with E-state index in [0.29, 0.717) is 10.8 Å². The van der Waals surface area contributed by atoms with Crippen LogP contribution in [0.2, 0.25) is 5.02 Å². The van der Waals surface area contributed by atoms with Crippen LogP contribution in [-0.4, -0.2) is 37.7 Å². The third-order valence-electron chi connectivity index (χ3n) is 3.34. The van der Waals surface area contributed by atoms with Gasteiger partial charge in [-0.05, 0) is 44.2 Å². The van der Waals surface area contributed by atoms with E-state index < -0.39 is 24.5 Å². The standard InChI is InChI=1S/C20H19ClO7/c1-3-25-19(23)13-9-14(20(24)26-4-2)11-15(10-13)28-18(22)12-27-17-8-6-5-7-16(17)21/h5-11H,3-4,12H2,1-2H3. The van der Waals surface area contributed by atoms with Crippen molar-refractivity contribution in [2.75, 3.05) is 19.8 Å². The number of hydrogen-bond acceptors (Lipinski definition) is 7. The van der Waals surface area contributed by atoms with Crippen molar-refractivity contribution in [2.24, 2.45) is 0 Å². The molecule has 148 valence electrons. The molecule has 0 radical (unpaired) electrons. The quantitative estimate of drug-likeness (QED) is 0.488. The molecule has 0 aliphatic rings. The zero-order valence-corrected chi connectivity index (χ0v) is 16.2. The van der Waals surface area contributed by atoms with Gasteiger partial charge in [-0.1, -0.05) is 23.7 Å². The third kappa shape index (κ3) is 5.99. The molecule has 0 aliphatic carbocycles. The number of esters is 3. The zero-order chi connectivity index (χ0) is 20.5. The van der Waals surface area contributed by atoms with Crippen LogP contribution in [-0.2, 0) is 14.3 Å². The van der Waals surface area contributed by atoms with E-state index in [9.17, 15) is 14.4 Å². The molecular formula is C20H19ClO7. The Morgan fingerprint density at radius 3 is 2.00 bits per heavy atom. The Bertz CT molecular complexity index is 827. The number of halogens is 1. The summed E-state index contributed by atoms with van der Waals surface area (Å²) >= 11 is 5.96. The van der Waals surface area contributed by atoms with Crippen molar-refractivity contribution in [3.8, 4) is 11.5 Å². The van der Waals surface area contributed by atoms with E-state index in [-0.39, 0.29) is 30.1 Å². The van der Waals surface area contributed by atoms with Crippen LogP contribution in [0.3, 0.4) is 0 Å². The van der Waals surface area contributed by atoms with Crippen LogP contribution in [0.25, 0.3) is 0 Å². The first-order chi connectivity index (χ1) is 13.4. The Kier molecular flexibility index (Phi) is 7.83. The smallest absolute Gasteiger partial charge is 0.349 e. The predicted octanol–water partition coefficient (Wildman–Crippen LogP) is 3.68. The van der Waals surface area contributed by atoms with Crippen LogP contribution in [0.4, 0.5) is 0 Å². The van der Waals surface area contributed by atoms with Gasteiger partial charge < -0.3 is 18.9 Å². The number of hydrogen-bond donors (Lipinski definition) is 0. The van der Waals surface area contributed by atoms with Gasteiger partial charge in [-0.15, -0.1) is 0 Å². The molecule has 0 amide bonds. The molecule has 2 aromatic carbocycles. The molecule has 0 heterocycles. The molecule has 0 atom stereocenters. The first kappa shape index (κ1) is 21.2. The minimum atomic E-state index is -0.740. The van der Waals surface area contributed by atoms with E-state index in [0.717, 1.165) is 0 Å². The lowest BCUT2D eigenvalue weighted by Gasteiger charge is -2.11. The summed E-state index contributed by atoms with van der Waals surface area (Å²) in [5.74, 6) is -1.73. The van der Waals surface area contributed by atoms with Crippen LogP contribution >= 0.6 is 11.6 Å². The van der Waals surface area contributed by atoms with Crippen LogP contribution in [0.15, 0.2) is 42.5 Å². The first-order valence-corrected chi connectivity index (χ1v) is 8.89. The SMILES string of the molecule is CCOC(=O)c1cc(OC(=O)COc2ccccc2Cl)cc(C(=O)OCC)c1. The summed E-state index contributed by atoms with van der Waals surface area (Å²) in [7, 11) is 0. The summed E-state index contributed by atoms with van der Waals surface area (Å²) in [6.45, 7) is 3.20. The first-order valence-electron chi connectivity index (χ1n) is 8.52. The van der Waals surface area contributed by atoms with Crippen molar-refractivity contribution < 1.29 is 33.3 Å². The molecule has 0 spiro atoms. The highest BCUT2D eigenvalue weighted by Crippen LogP contribution is 2.23. The van der Waals surface area contributed by atoms with Gasteiger partial charge in [0.1, 0.15) is 11.5 Å². The molecule has 2 aromatic rings. The molecule has 0 bridgehead atoms. The summed E-state index contributed by atoms with van der Waals surface area (Å²) in [6.07, 6.45) is 0. The highest BCUT2D eigenvalue weighted by molar-refractivity contribution is 6.32. The van der Waals surface area contributed by atoms with Crippen molar-refractivity contribution in [2.45, 2.75) is 13.8 Å². The molecule has 8 heteroatoms. The second kappa shape index (κ2) is 10.3. The van der Waals surface area contributed by atoms with Crippen molar-refractivity contribution in [3.05, 3.63) is 58.6 Å². The van der Waals surface area contributed by atoms with Gasteiger partial charge in [-0.3, -0.25) is 0 Å². The highest BCUT2D eigenvalue weighted by atomic mass is 35.5. The van der Waals surface area contributed by atoms with Gasteiger partial charge in [0, 0.05) is 0 Å². The van der Waals surface area contributed by atoms with E-state index >= 15 is 0 Å². The molecule has 0 aromatic heterocycles. The molecule has 0 aliphatic heterocycles. The van der Waals surface area contributed by atoms with Crippen molar-refractivity contribution in [1.29, 1.82) is 0 Å². The average molecular weight is 407 g/mol. The fourth-order valence-electron chi connectivity index (χ4n) is 2.18. The molecule has 0 saturated heterocycles.